The van der Waals surface area contributed by atoms with Crippen molar-refractivity contribution in [3.63, 3.8) is 0 Å². The summed E-state index contributed by atoms with van der Waals surface area (Å²) in [4.78, 5) is 0. The van der Waals surface area contributed by atoms with Crippen molar-refractivity contribution in [2.75, 3.05) is 0 Å². The highest BCUT2D eigenvalue weighted by molar-refractivity contribution is 6.70. The first-order valence-electron chi connectivity index (χ1n) is 13.2. The number of hydrogen-bond acceptors (Lipinski definition) is 3. The molecule has 2 saturated carbocycles. The molecule has 0 saturated heterocycles. The van der Waals surface area contributed by atoms with E-state index in [9.17, 15) is 0 Å². The summed E-state index contributed by atoms with van der Waals surface area (Å²) in [5, 5.41) is 0. The van der Waals surface area contributed by atoms with Gasteiger partial charge in [-0.1, -0.05) is 13.0 Å². The van der Waals surface area contributed by atoms with Gasteiger partial charge in [0, 0.05) is 0 Å². The first-order chi connectivity index (χ1) is 15.1. The molecule has 4 rings (SSSR count). The van der Waals surface area contributed by atoms with E-state index in [1.54, 1.807) is 11.1 Å². The molecule has 0 bridgehead atoms. The van der Waals surface area contributed by atoms with Crippen LogP contribution < -0.4 is 4.43 Å². The maximum absolute atomic E-state index is 6.96. The van der Waals surface area contributed by atoms with Crippen LogP contribution in [-0.4, -0.2) is 37.2 Å². The van der Waals surface area contributed by atoms with Crippen LogP contribution in [0.5, 0.6) is 5.75 Å². The minimum atomic E-state index is -1.67. The van der Waals surface area contributed by atoms with E-state index in [4.69, 9.17) is 13.3 Å². The second-order valence-corrected chi connectivity index (χ2v) is 27.5. The zero-order valence-electron chi connectivity index (χ0n) is 22.9. The van der Waals surface area contributed by atoms with Gasteiger partial charge in [0.05, 0.1) is 12.2 Å². The highest BCUT2D eigenvalue weighted by Gasteiger charge is 2.60. The van der Waals surface area contributed by atoms with Gasteiger partial charge < -0.3 is 13.3 Å². The van der Waals surface area contributed by atoms with Gasteiger partial charge in [-0.2, -0.15) is 0 Å². The second-order valence-electron chi connectivity index (χ2n) is 14.2. The van der Waals surface area contributed by atoms with Crippen molar-refractivity contribution in [1.82, 2.24) is 0 Å². The van der Waals surface area contributed by atoms with Gasteiger partial charge in [0.2, 0.25) is 8.32 Å². The molecule has 33 heavy (non-hydrogen) atoms. The Morgan fingerprint density at radius 1 is 0.848 bits per heavy atom. The monoisotopic (exact) mass is 504 g/mol. The predicted octanol–water partition coefficient (Wildman–Crippen LogP) is 7.81. The van der Waals surface area contributed by atoms with Gasteiger partial charge in [-0.05, 0) is 137 Å². The molecule has 186 valence electrons. The Balaban J connectivity index is 1.62. The van der Waals surface area contributed by atoms with Gasteiger partial charge in [-0.3, -0.25) is 0 Å². The molecule has 1 aromatic carbocycles. The minimum Gasteiger partial charge on any atom is -0.544 e. The Labute approximate surface area is 206 Å². The molecule has 0 aliphatic heterocycles. The predicted molar refractivity (Wildman–Crippen MR) is 147 cm³/mol. The maximum atomic E-state index is 6.96. The molecule has 0 radical (unpaired) electrons. The number of aryl methyl sites for hydroxylation is 1. The van der Waals surface area contributed by atoms with Crippen LogP contribution in [0.2, 0.25) is 58.9 Å². The van der Waals surface area contributed by atoms with E-state index in [1.807, 2.05) is 0 Å². The highest BCUT2D eigenvalue weighted by Crippen LogP contribution is 2.62. The fraction of sp³-hybridized carbons (Fsp3) is 0.778. The summed E-state index contributed by atoms with van der Waals surface area (Å²) in [5.41, 5.74) is 3.39. The minimum absolute atomic E-state index is 0.240. The molecule has 0 spiro atoms. The van der Waals surface area contributed by atoms with Gasteiger partial charge >= 0.3 is 0 Å². The maximum Gasteiger partial charge on any atom is 0.242 e. The molecular formula is C27H48O3Si3. The molecule has 0 heterocycles. The summed E-state index contributed by atoms with van der Waals surface area (Å²) < 4.78 is 20.1. The molecule has 6 atom stereocenters. The smallest absolute Gasteiger partial charge is 0.242 e. The fourth-order valence-corrected chi connectivity index (χ4v) is 10.2. The molecule has 1 aromatic rings. The van der Waals surface area contributed by atoms with E-state index in [-0.39, 0.29) is 17.6 Å². The van der Waals surface area contributed by atoms with Crippen molar-refractivity contribution in [2.45, 2.75) is 116 Å². The third-order valence-electron chi connectivity index (χ3n) is 8.02. The van der Waals surface area contributed by atoms with E-state index in [0.717, 1.165) is 11.7 Å². The summed E-state index contributed by atoms with van der Waals surface area (Å²) in [7, 11) is -4.89. The van der Waals surface area contributed by atoms with Crippen LogP contribution in [0.1, 0.15) is 49.7 Å². The van der Waals surface area contributed by atoms with Crippen molar-refractivity contribution >= 4 is 25.0 Å². The summed E-state index contributed by atoms with van der Waals surface area (Å²) >= 11 is 0. The van der Waals surface area contributed by atoms with E-state index < -0.39 is 25.0 Å². The van der Waals surface area contributed by atoms with Crippen molar-refractivity contribution in [3.05, 3.63) is 29.3 Å². The Hall–Kier alpha value is -0.409. The Bertz CT molecular complexity index is 867. The zero-order chi connectivity index (χ0) is 24.4. The standard InChI is InChI=1S/C27H48O3Si3/c1-27-16-15-22-21-14-12-20(28-31(2,3)4)17-19(21)11-13-23(22)24(27)18-25(29-32(5,6)7)26(27)30-33(8,9)10/h12,14,17,22-26H,11,13,15-16,18H2,1-10H3/t22-,23-,24+,25+,26-,27+/m1/s1. The van der Waals surface area contributed by atoms with Crippen LogP contribution in [0.4, 0.5) is 0 Å². The molecule has 3 aliphatic carbocycles. The molecule has 3 nitrogen and oxygen atoms in total. The number of rotatable bonds is 6. The molecule has 0 aromatic heterocycles. The van der Waals surface area contributed by atoms with Crippen molar-refractivity contribution in [1.29, 1.82) is 0 Å². The molecular weight excluding hydrogens is 457 g/mol. The van der Waals surface area contributed by atoms with Gasteiger partial charge in [0.1, 0.15) is 5.75 Å². The van der Waals surface area contributed by atoms with Crippen molar-refractivity contribution in [3.8, 4) is 5.75 Å². The lowest BCUT2D eigenvalue weighted by Gasteiger charge is -2.51. The van der Waals surface area contributed by atoms with Crippen LogP contribution in [0.15, 0.2) is 18.2 Å². The lowest BCUT2D eigenvalue weighted by molar-refractivity contribution is -0.0363. The summed E-state index contributed by atoms with van der Waals surface area (Å²) in [6.07, 6.45) is 6.74. The van der Waals surface area contributed by atoms with Crippen LogP contribution in [-0.2, 0) is 15.3 Å². The third kappa shape index (κ3) is 5.55. The first-order valence-corrected chi connectivity index (χ1v) is 23.5. The van der Waals surface area contributed by atoms with Crippen LogP contribution in [0.25, 0.3) is 0 Å². The Morgan fingerprint density at radius 2 is 1.52 bits per heavy atom. The van der Waals surface area contributed by atoms with Gasteiger partial charge in [0.15, 0.2) is 16.6 Å². The molecule has 2 fully saturated rings. The number of hydrogen-bond donors (Lipinski definition) is 0. The van der Waals surface area contributed by atoms with E-state index in [0.29, 0.717) is 11.8 Å². The highest BCUT2D eigenvalue weighted by atomic mass is 28.4. The zero-order valence-corrected chi connectivity index (χ0v) is 25.9. The molecule has 0 unspecified atom stereocenters. The van der Waals surface area contributed by atoms with E-state index in [1.165, 1.54) is 32.1 Å². The van der Waals surface area contributed by atoms with Crippen LogP contribution >= 0.6 is 0 Å². The molecule has 3 aliphatic rings. The summed E-state index contributed by atoms with van der Waals surface area (Å²) in [5.74, 6) is 3.22. The summed E-state index contributed by atoms with van der Waals surface area (Å²) in [6, 6.07) is 7.02. The van der Waals surface area contributed by atoms with E-state index in [2.05, 4.69) is 84.0 Å². The molecule has 6 heteroatoms. The van der Waals surface area contributed by atoms with Gasteiger partial charge in [-0.25, -0.2) is 0 Å². The third-order valence-corrected chi connectivity index (χ3v) is 10.8. The fourth-order valence-electron chi connectivity index (χ4n) is 7.07. The lowest BCUT2D eigenvalue weighted by Crippen LogP contribution is -2.50. The van der Waals surface area contributed by atoms with Crippen LogP contribution in [0, 0.1) is 17.3 Å². The Kier molecular flexibility index (Phi) is 6.70. The quantitative estimate of drug-likeness (QED) is 0.370. The normalized spacial score (nSPS) is 34.4. The van der Waals surface area contributed by atoms with Crippen molar-refractivity contribution in [2.24, 2.45) is 17.3 Å². The van der Waals surface area contributed by atoms with Crippen molar-refractivity contribution < 1.29 is 13.3 Å². The first kappa shape index (κ1) is 25.7. The van der Waals surface area contributed by atoms with E-state index >= 15 is 0 Å². The Morgan fingerprint density at radius 3 is 2.12 bits per heavy atom. The molecule has 0 N–H and O–H groups in total. The molecule has 0 amide bonds. The average molecular weight is 505 g/mol. The summed E-state index contributed by atoms with van der Waals surface area (Å²) in [6.45, 7) is 23.4. The lowest BCUT2D eigenvalue weighted by atomic mass is 9.55. The van der Waals surface area contributed by atoms with Gasteiger partial charge in [-0.15, -0.1) is 0 Å². The largest absolute Gasteiger partial charge is 0.544 e. The second kappa shape index (κ2) is 8.61. The SMILES string of the molecule is C[C@]12CC[C@@H]3c4ccc(O[Si](C)(C)C)cc4CC[C@H]3[C@@H]1C[C@H](O[Si](C)(C)C)[C@H]2O[Si](C)(C)C. The topological polar surface area (TPSA) is 27.7 Å². The van der Waals surface area contributed by atoms with Gasteiger partial charge in [0.25, 0.3) is 0 Å². The number of benzene rings is 1. The average Bonchev–Trinajstić information content (AvgIpc) is 2.89. The number of fused-ring (bicyclic) bond motifs is 5. The van der Waals surface area contributed by atoms with Crippen LogP contribution in [0.3, 0.4) is 0 Å².